The van der Waals surface area contributed by atoms with Crippen LogP contribution in [0.15, 0.2) is 48.5 Å². The Kier molecular flexibility index (Phi) is 4.71. The molecule has 1 N–H and O–H groups in total. The van der Waals surface area contributed by atoms with Crippen LogP contribution in [0.5, 0.6) is 5.75 Å². The Hall–Kier alpha value is -2.66. The first kappa shape index (κ1) is 18.7. The second-order valence-corrected chi connectivity index (χ2v) is 8.82. The van der Waals surface area contributed by atoms with Crippen molar-refractivity contribution in [1.29, 1.82) is 0 Å². The fraction of sp³-hybridized carbons (Fsp3) is 0.304. The molecule has 0 fully saturated rings. The molecule has 1 amide bonds. The van der Waals surface area contributed by atoms with E-state index >= 15 is 0 Å². The van der Waals surface area contributed by atoms with Crippen LogP contribution in [0.3, 0.4) is 0 Å². The Balaban J connectivity index is 1.76. The zero-order valence-corrected chi connectivity index (χ0v) is 17.4. The highest BCUT2D eigenvalue weighted by molar-refractivity contribution is 7.15. The van der Waals surface area contributed by atoms with Gasteiger partial charge in [0, 0.05) is 10.8 Å². The van der Waals surface area contributed by atoms with Crippen LogP contribution in [-0.4, -0.2) is 18.0 Å². The highest BCUT2D eigenvalue weighted by Gasteiger charge is 2.49. The van der Waals surface area contributed by atoms with Crippen molar-refractivity contribution < 1.29 is 9.53 Å². The summed E-state index contributed by atoms with van der Waals surface area (Å²) in [6.07, 6.45) is 0.682. The van der Waals surface area contributed by atoms with Gasteiger partial charge in [-0.05, 0) is 56.0 Å². The minimum Gasteiger partial charge on any atom is -0.497 e. The number of nitrogens with zero attached hydrogens (tertiary/aromatic N) is 1. The standard InChI is InChI=1S/C23H24N2O2S/c1-14-15(2)28-22(24-14)25-21(26)23(3)13-17-10-11-18(27-4)12-19(17)20(23)16-8-6-5-7-9-16/h5-12,20H,13H2,1-4H3,(H,24,25,26)/t20-,23+/m0/s1. The molecule has 1 heterocycles. The summed E-state index contributed by atoms with van der Waals surface area (Å²) in [5.41, 5.74) is 3.85. The third kappa shape index (κ3) is 3.10. The number of methoxy groups -OCH3 is 1. The maximum absolute atomic E-state index is 13.5. The topological polar surface area (TPSA) is 51.2 Å². The zero-order chi connectivity index (χ0) is 19.9. The number of aromatic nitrogens is 1. The predicted molar refractivity (Wildman–Crippen MR) is 113 cm³/mol. The molecule has 4 nitrogen and oxygen atoms in total. The molecule has 0 radical (unpaired) electrons. The molecular formula is C23H24N2O2S. The Morgan fingerprint density at radius 2 is 1.96 bits per heavy atom. The van der Waals surface area contributed by atoms with Crippen molar-refractivity contribution in [2.75, 3.05) is 12.4 Å². The van der Waals surface area contributed by atoms with E-state index in [1.165, 1.54) is 16.9 Å². The van der Waals surface area contributed by atoms with Crippen LogP contribution < -0.4 is 10.1 Å². The molecule has 4 rings (SSSR count). The van der Waals surface area contributed by atoms with Crippen molar-refractivity contribution in [3.8, 4) is 5.75 Å². The first-order valence-electron chi connectivity index (χ1n) is 9.39. The molecule has 1 aromatic heterocycles. The molecule has 1 aliphatic carbocycles. The van der Waals surface area contributed by atoms with Crippen molar-refractivity contribution in [3.05, 3.63) is 75.8 Å². The smallest absolute Gasteiger partial charge is 0.233 e. The second-order valence-electron chi connectivity index (χ2n) is 7.62. The lowest BCUT2D eigenvalue weighted by molar-refractivity contribution is -0.125. The number of hydrogen-bond donors (Lipinski definition) is 1. The van der Waals surface area contributed by atoms with Gasteiger partial charge < -0.3 is 10.1 Å². The lowest BCUT2D eigenvalue weighted by Crippen LogP contribution is -2.37. The van der Waals surface area contributed by atoms with Gasteiger partial charge in [-0.25, -0.2) is 4.98 Å². The lowest BCUT2D eigenvalue weighted by atomic mass is 9.73. The third-order valence-electron chi connectivity index (χ3n) is 5.76. The van der Waals surface area contributed by atoms with E-state index in [0.29, 0.717) is 11.6 Å². The number of nitrogens with one attached hydrogen (secondary N) is 1. The fourth-order valence-corrected chi connectivity index (χ4v) is 4.95. The molecule has 0 aliphatic heterocycles. The third-order valence-corrected chi connectivity index (χ3v) is 6.75. The summed E-state index contributed by atoms with van der Waals surface area (Å²) in [7, 11) is 1.67. The number of ether oxygens (including phenoxy) is 1. The average molecular weight is 393 g/mol. The Labute approximate surface area is 169 Å². The van der Waals surface area contributed by atoms with Crippen molar-refractivity contribution in [1.82, 2.24) is 4.98 Å². The number of benzene rings is 2. The van der Waals surface area contributed by atoms with E-state index in [1.54, 1.807) is 7.11 Å². The van der Waals surface area contributed by atoms with Crippen molar-refractivity contribution in [3.63, 3.8) is 0 Å². The van der Waals surface area contributed by atoms with E-state index in [2.05, 4.69) is 41.5 Å². The van der Waals surface area contributed by atoms with Crippen LogP contribution >= 0.6 is 11.3 Å². The van der Waals surface area contributed by atoms with Crippen molar-refractivity contribution >= 4 is 22.4 Å². The van der Waals surface area contributed by atoms with Gasteiger partial charge in [0.25, 0.3) is 0 Å². The van der Waals surface area contributed by atoms with E-state index in [1.807, 2.05) is 38.1 Å². The van der Waals surface area contributed by atoms with Gasteiger partial charge in [0.1, 0.15) is 5.75 Å². The summed E-state index contributed by atoms with van der Waals surface area (Å²) in [5, 5.41) is 3.75. The van der Waals surface area contributed by atoms with Gasteiger partial charge in [0.05, 0.1) is 18.2 Å². The second kappa shape index (κ2) is 7.06. The van der Waals surface area contributed by atoms with Crippen molar-refractivity contribution in [2.24, 2.45) is 5.41 Å². The first-order chi connectivity index (χ1) is 13.4. The predicted octanol–water partition coefficient (Wildman–Crippen LogP) is 5.10. The molecular weight excluding hydrogens is 368 g/mol. The van der Waals surface area contributed by atoms with E-state index in [0.717, 1.165) is 27.4 Å². The van der Waals surface area contributed by atoms with Gasteiger partial charge in [-0.2, -0.15) is 0 Å². The summed E-state index contributed by atoms with van der Waals surface area (Å²) in [5.74, 6) is 0.779. The highest BCUT2D eigenvalue weighted by Crippen LogP contribution is 2.52. The van der Waals surface area contributed by atoms with Gasteiger partial charge in [-0.1, -0.05) is 36.4 Å². The molecule has 28 heavy (non-hydrogen) atoms. The average Bonchev–Trinajstić information content (AvgIpc) is 3.17. The van der Waals surface area contributed by atoms with E-state index < -0.39 is 5.41 Å². The molecule has 5 heteroatoms. The number of amides is 1. The van der Waals surface area contributed by atoms with E-state index in [-0.39, 0.29) is 11.8 Å². The Morgan fingerprint density at radius 1 is 1.21 bits per heavy atom. The number of thiazole rings is 1. The molecule has 1 aliphatic rings. The van der Waals surface area contributed by atoms with E-state index in [4.69, 9.17) is 4.74 Å². The molecule has 3 aromatic rings. The number of anilines is 1. The molecule has 144 valence electrons. The molecule has 0 bridgehead atoms. The summed E-state index contributed by atoms with van der Waals surface area (Å²) in [6, 6.07) is 16.4. The van der Waals surface area contributed by atoms with Gasteiger partial charge >= 0.3 is 0 Å². The first-order valence-corrected chi connectivity index (χ1v) is 10.2. The summed E-state index contributed by atoms with van der Waals surface area (Å²) < 4.78 is 5.46. The normalized spacial score (nSPS) is 20.6. The van der Waals surface area contributed by atoms with Crippen LogP contribution in [-0.2, 0) is 11.2 Å². The van der Waals surface area contributed by atoms with Gasteiger partial charge in [-0.3, -0.25) is 4.79 Å². The molecule has 2 atom stereocenters. The number of carbonyl (C=O) groups is 1. The van der Waals surface area contributed by atoms with Gasteiger partial charge in [0.2, 0.25) is 5.91 Å². The number of aryl methyl sites for hydroxylation is 2. The van der Waals surface area contributed by atoms with Crippen LogP contribution in [0.25, 0.3) is 0 Å². The van der Waals surface area contributed by atoms with Crippen LogP contribution in [0.2, 0.25) is 0 Å². The van der Waals surface area contributed by atoms with Crippen LogP contribution in [0.1, 0.15) is 40.1 Å². The number of rotatable bonds is 4. The van der Waals surface area contributed by atoms with Crippen molar-refractivity contribution in [2.45, 2.75) is 33.1 Å². The number of carbonyl (C=O) groups excluding carboxylic acids is 1. The monoisotopic (exact) mass is 392 g/mol. The minimum absolute atomic E-state index is 0.00488. The molecule has 0 saturated heterocycles. The molecule has 2 aromatic carbocycles. The minimum atomic E-state index is -0.608. The van der Waals surface area contributed by atoms with Crippen LogP contribution in [0, 0.1) is 19.3 Å². The molecule has 0 unspecified atom stereocenters. The fourth-order valence-electron chi connectivity index (χ4n) is 4.14. The number of hydrogen-bond acceptors (Lipinski definition) is 4. The van der Waals surface area contributed by atoms with Gasteiger partial charge in [-0.15, -0.1) is 11.3 Å². The maximum Gasteiger partial charge on any atom is 0.233 e. The zero-order valence-electron chi connectivity index (χ0n) is 16.6. The van der Waals surface area contributed by atoms with Gasteiger partial charge in [0.15, 0.2) is 5.13 Å². The quantitative estimate of drug-likeness (QED) is 0.672. The number of fused-ring (bicyclic) bond motifs is 1. The van der Waals surface area contributed by atoms with Crippen LogP contribution in [0.4, 0.5) is 5.13 Å². The Bertz CT molecular complexity index is 1010. The lowest BCUT2D eigenvalue weighted by Gasteiger charge is -2.31. The summed E-state index contributed by atoms with van der Waals surface area (Å²) in [4.78, 5) is 19.1. The summed E-state index contributed by atoms with van der Waals surface area (Å²) >= 11 is 1.52. The summed E-state index contributed by atoms with van der Waals surface area (Å²) in [6.45, 7) is 6.04. The molecule has 0 saturated carbocycles. The Morgan fingerprint density at radius 3 is 2.61 bits per heavy atom. The molecule has 0 spiro atoms. The SMILES string of the molecule is COc1ccc2c(c1)[C@H](c1ccccc1)[C@](C)(C(=O)Nc1nc(C)c(C)s1)C2. The largest absolute Gasteiger partial charge is 0.497 e. The maximum atomic E-state index is 13.5. The van der Waals surface area contributed by atoms with E-state index in [9.17, 15) is 4.79 Å². The highest BCUT2D eigenvalue weighted by atomic mass is 32.1.